The number of nitrogens with zero attached hydrogens (tertiary/aromatic N) is 5. The van der Waals surface area contributed by atoms with Gasteiger partial charge in [-0.1, -0.05) is 0 Å². The van der Waals surface area contributed by atoms with Crippen molar-refractivity contribution >= 4 is 15.7 Å². The molecule has 3 rings (SSSR count). The van der Waals surface area contributed by atoms with Gasteiger partial charge in [0.25, 0.3) is 0 Å². The van der Waals surface area contributed by atoms with E-state index in [0.29, 0.717) is 36.6 Å². The fraction of sp³-hybridized carbons (Fsp3) is 0.389. The molecular weight excluding hydrogens is 366 g/mol. The molecule has 0 aliphatic carbocycles. The Morgan fingerprint density at radius 2 is 2.22 bits per heavy atom. The maximum absolute atomic E-state index is 12.2. The van der Waals surface area contributed by atoms with Gasteiger partial charge in [0.2, 0.25) is 5.91 Å². The molecule has 0 bridgehead atoms. The molecule has 140 valence electrons. The van der Waals surface area contributed by atoms with Crippen molar-refractivity contribution in [2.75, 3.05) is 19.3 Å². The average Bonchev–Trinajstić information content (AvgIpc) is 2.68. The Kier molecular flexibility index (Phi) is 5.46. The lowest BCUT2D eigenvalue weighted by atomic mass is 9.94. The van der Waals surface area contributed by atoms with Gasteiger partial charge in [0.05, 0.1) is 11.8 Å². The summed E-state index contributed by atoms with van der Waals surface area (Å²) in [6.45, 7) is 0.901. The third kappa shape index (κ3) is 4.28. The highest BCUT2D eigenvalue weighted by atomic mass is 32.2. The number of pyridine rings is 1. The van der Waals surface area contributed by atoms with Crippen molar-refractivity contribution in [2.24, 2.45) is 0 Å². The first kappa shape index (κ1) is 18.9. The van der Waals surface area contributed by atoms with E-state index in [1.807, 2.05) is 6.07 Å². The number of rotatable bonds is 4. The van der Waals surface area contributed by atoms with E-state index in [4.69, 9.17) is 5.26 Å². The molecular formula is C18H19N5O3S. The van der Waals surface area contributed by atoms with E-state index in [1.54, 1.807) is 29.4 Å². The van der Waals surface area contributed by atoms with Crippen molar-refractivity contribution in [3.63, 3.8) is 0 Å². The van der Waals surface area contributed by atoms with Crippen LogP contribution in [0.2, 0.25) is 0 Å². The number of carbonyl (C=O) groups is 1. The van der Waals surface area contributed by atoms with E-state index in [1.165, 1.54) is 6.20 Å². The number of hydrogen-bond donors (Lipinski definition) is 0. The molecule has 2 aromatic heterocycles. The van der Waals surface area contributed by atoms with Gasteiger partial charge in [0.15, 0.2) is 15.7 Å². The van der Waals surface area contributed by atoms with Gasteiger partial charge in [-0.2, -0.15) is 5.26 Å². The molecule has 8 nitrogen and oxygen atoms in total. The number of piperidine rings is 1. The SMILES string of the molecule is CS(=O)(=O)c1cnc(-c2cccnc2)nc1C1CCCN(C(=O)CC#N)C1. The van der Waals surface area contributed by atoms with Gasteiger partial charge in [0.1, 0.15) is 11.3 Å². The number of nitriles is 1. The van der Waals surface area contributed by atoms with Crippen molar-refractivity contribution in [1.82, 2.24) is 19.9 Å². The summed E-state index contributed by atoms with van der Waals surface area (Å²) < 4.78 is 24.5. The largest absolute Gasteiger partial charge is 0.341 e. The van der Waals surface area contributed by atoms with E-state index in [2.05, 4.69) is 15.0 Å². The summed E-state index contributed by atoms with van der Waals surface area (Å²) in [7, 11) is -3.53. The number of likely N-dealkylation sites (tertiary alicyclic amines) is 1. The molecule has 1 aliphatic heterocycles. The Morgan fingerprint density at radius 1 is 1.41 bits per heavy atom. The molecule has 1 atom stereocenters. The minimum Gasteiger partial charge on any atom is -0.341 e. The van der Waals surface area contributed by atoms with Gasteiger partial charge >= 0.3 is 0 Å². The van der Waals surface area contributed by atoms with E-state index >= 15 is 0 Å². The summed E-state index contributed by atoms with van der Waals surface area (Å²) in [5.41, 5.74) is 1.10. The van der Waals surface area contributed by atoms with Crippen LogP contribution in [0, 0.1) is 11.3 Å². The predicted octanol–water partition coefficient (Wildman–Crippen LogP) is 1.56. The minimum atomic E-state index is -3.53. The second-order valence-electron chi connectivity index (χ2n) is 6.47. The van der Waals surface area contributed by atoms with Gasteiger partial charge < -0.3 is 4.90 Å². The quantitative estimate of drug-likeness (QED) is 0.784. The number of carbonyl (C=O) groups excluding carboxylic acids is 1. The number of sulfone groups is 1. The van der Waals surface area contributed by atoms with Crippen LogP contribution in [0.4, 0.5) is 0 Å². The molecule has 27 heavy (non-hydrogen) atoms. The summed E-state index contributed by atoms with van der Waals surface area (Å²) in [6.07, 6.45) is 6.95. The zero-order valence-corrected chi connectivity index (χ0v) is 15.7. The predicted molar refractivity (Wildman–Crippen MR) is 97.2 cm³/mol. The molecule has 9 heteroatoms. The zero-order valence-electron chi connectivity index (χ0n) is 14.9. The molecule has 0 spiro atoms. The van der Waals surface area contributed by atoms with E-state index in [9.17, 15) is 13.2 Å². The van der Waals surface area contributed by atoms with Gasteiger partial charge in [0, 0.05) is 49.4 Å². The van der Waals surface area contributed by atoms with Crippen molar-refractivity contribution in [1.29, 1.82) is 5.26 Å². The standard InChI is InChI=1S/C18H19N5O3S/c1-27(25,26)15-11-21-18(13-4-2-8-20-10-13)22-17(15)14-5-3-9-23(12-14)16(24)6-7-19/h2,4,8,10-11,14H,3,5-6,9,12H2,1H3. The second kappa shape index (κ2) is 7.80. The Labute approximate surface area is 157 Å². The van der Waals surface area contributed by atoms with Crippen LogP contribution in [0.3, 0.4) is 0 Å². The molecule has 1 unspecified atom stereocenters. The normalized spacial score (nSPS) is 17.3. The summed E-state index contributed by atoms with van der Waals surface area (Å²) in [5, 5.41) is 8.76. The first-order valence-electron chi connectivity index (χ1n) is 8.52. The Bertz CT molecular complexity index is 986. The average molecular weight is 385 g/mol. The van der Waals surface area contributed by atoms with Gasteiger partial charge in [-0.15, -0.1) is 0 Å². The Morgan fingerprint density at radius 3 is 2.89 bits per heavy atom. The van der Waals surface area contributed by atoms with Crippen LogP contribution < -0.4 is 0 Å². The maximum atomic E-state index is 12.2. The van der Waals surface area contributed by atoms with E-state index in [-0.39, 0.29) is 23.1 Å². The lowest BCUT2D eigenvalue weighted by molar-refractivity contribution is -0.131. The highest BCUT2D eigenvalue weighted by Gasteiger charge is 2.30. The highest BCUT2D eigenvalue weighted by molar-refractivity contribution is 7.90. The highest BCUT2D eigenvalue weighted by Crippen LogP contribution is 2.31. The number of hydrogen-bond acceptors (Lipinski definition) is 7. The zero-order chi connectivity index (χ0) is 19.4. The summed E-state index contributed by atoms with van der Waals surface area (Å²) in [5.74, 6) is -0.0832. The molecule has 0 saturated carbocycles. The monoisotopic (exact) mass is 385 g/mol. The van der Waals surface area contributed by atoms with Crippen molar-refractivity contribution in [2.45, 2.75) is 30.1 Å². The third-order valence-corrected chi connectivity index (χ3v) is 5.61. The summed E-state index contributed by atoms with van der Waals surface area (Å²) in [4.78, 5) is 26.6. The van der Waals surface area contributed by atoms with Gasteiger partial charge in [-0.25, -0.2) is 18.4 Å². The minimum absolute atomic E-state index is 0.0784. The lowest BCUT2D eigenvalue weighted by Gasteiger charge is -2.32. The van der Waals surface area contributed by atoms with Crippen LogP contribution in [0.5, 0.6) is 0 Å². The van der Waals surface area contributed by atoms with E-state index in [0.717, 1.165) is 12.7 Å². The van der Waals surface area contributed by atoms with Crippen molar-refractivity contribution < 1.29 is 13.2 Å². The molecule has 0 aromatic carbocycles. The molecule has 0 N–H and O–H groups in total. The second-order valence-corrected chi connectivity index (χ2v) is 8.45. The van der Waals surface area contributed by atoms with Crippen LogP contribution in [0.25, 0.3) is 11.4 Å². The topological polar surface area (TPSA) is 117 Å². The molecule has 3 heterocycles. The molecule has 0 radical (unpaired) electrons. The fourth-order valence-electron chi connectivity index (χ4n) is 3.20. The molecule has 1 saturated heterocycles. The van der Waals surface area contributed by atoms with Crippen molar-refractivity contribution in [3.05, 3.63) is 36.4 Å². The molecule has 1 amide bonds. The van der Waals surface area contributed by atoms with Gasteiger partial charge in [-0.05, 0) is 25.0 Å². The Hall–Kier alpha value is -2.86. The maximum Gasteiger partial charge on any atom is 0.236 e. The van der Waals surface area contributed by atoms with Crippen LogP contribution in [0.1, 0.15) is 30.9 Å². The van der Waals surface area contributed by atoms with Crippen LogP contribution in [0.15, 0.2) is 35.6 Å². The molecule has 2 aromatic rings. The van der Waals surface area contributed by atoms with Gasteiger partial charge in [-0.3, -0.25) is 9.78 Å². The first-order valence-corrected chi connectivity index (χ1v) is 10.4. The van der Waals surface area contributed by atoms with Crippen LogP contribution >= 0.6 is 0 Å². The Balaban J connectivity index is 2.01. The third-order valence-electron chi connectivity index (χ3n) is 4.49. The smallest absolute Gasteiger partial charge is 0.236 e. The number of aromatic nitrogens is 3. The van der Waals surface area contributed by atoms with Crippen molar-refractivity contribution in [3.8, 4) is 17.5 Å². The van der Waals surface area contributed by atoms with Crippen LogP contribution in [-0.4, -0.2) is 53.5 Å². The summed E-state index contributed by atoms with van der Waals surface area (Å²) >= 11 is 0. The fourth-order valence-corrected chi connectivity index (χ4v) is 4.04. The molecule has 1 fully saturated rings. The van der Waals surface area contributed by atoms with Crippen LogP contribution in [-0.2, 0) is 14.6 Å². The first-order chi connectivity index (χ1) is 12.9. The molecule has 1 aliphatic rings. The number of amides is 1. The lowest BCUT2D eigenvalue weighted by Crippen LogP contribution is -2.39. The summed E-state index contributed by atoms with van der Waals surface area (Å²) in [6, 6.07) is 5.42. The van der Waals surface area contributed by atoms with E-state index < -0.39 is 9.84 Å².